The highest BCUT2D eigenvalue weighted by Gasteiger charge is 2.33. The highest BCUT2D eigenvalue weighted by atomic mass is 16.5. The molecule has 3 aromatic carbocycles. The minimum absolute atomic E-state index is 0.0155. The van der Waals surface area contributed by atoms with Crippen LogP contribution in [0, 0.1) is 5.41 Å². The first-order chi connectivity index (χ1) is 21.6. The summed E-state index contributed by atoms with van der Waals surface area (Å²) in [6.45, 7) is 5.85. The van der Waals surface area contributed by atoms with Gasteiger partial charge >= 0.3 is 0 Å². The molecular weight excluding hydrogens is 570 g/mol. The lowest BCUT2D eigenvalue weighted by atomic mass is 9.87. The van der Waals surface area contributed by atoms with Crippen molar-refractivity contribution in [2.45, 2.75) is 58.5 Å². The van der Waals surface area contributed by atoms with Gasteiger partial charge in [-0.05, 0) is 97.8 Å². The lowest BCUT2D eigenvalue weighted by Gasteiger charge is -2.25. The van der Waals surface area contributed by atoms with E-state index in [0.717, 1.165) is 37.7 Å². The number of unbranched alkanes of at least 4 members (excludes halogenated alkanes) is 1. The summed E-state index contributed by atoms with van der Waals surface area (Å²) in [6, 6.07) is 19.2. The standard InChI is InChI=1S/C35H41N5O5/c1-35(2,17-3-4-18-36)22-37-32(42)24-9-12-27(13-10-24)38-33(43)25-7-5-23(6-8-25)20-40(28-14-15-28)34(44)26-11-16-29-30(19-26)45-21-31(41)39-29/h5-13,16,19,28H,3-4,14-15,17-18,20-22,36H2,1-2H3,(H,37,42)(H,38,43)(H,39,41). The molecule has 236 valence electrons. The number of ether oxygens (including phenoxy) is 1. The fourth-order valence-electron chi connectivity index (χ4n) is 5.25. The van der Waals surface area contributed by atoms with Crippen molar-refractivity contribution in [3.63, 3.8) is 0 Å². The molecule has 0 aromatic heterocycles. The van der Waals surface area contributed by atoms with Gasteiger partial charge in [-0.1, -0.05) is 32.4 Å². The van der Waals surface area contributed by atoms with Crippen molar-refractivity contribution >= 4 is 35.0 Å². The maximum Gasteiger partial charge on any atom is 0.262 e. The Hall–Kier alpha value is -4.70. The lowest BCUT2D eigenvalue weighted by molar-refractivity contribution is -0.118. The molecule has 5 N–H and O–H groups in total. The number of hydrogen-bond acceptors (Lipinski definition) is 6. The van der Waals surface area contributed by atoms with E-state index >= 15 is 0 Å². The van der Waals surface area contributed by atoms with Gasteiger partial charge in [-0.2, -0.15) is 0 Å². The third-order valence-corrected chi connectivity index (χ3v) is 8.12. The number of nitrogens with zero attached hydrogens (tertiary/aromatic N) is 1. The number of hydrogen-bond donors (Lipinski definition) is 4. The van der Waals surface area contributed by atoms with Crippen molar-refractivity contribution in [1.29, 1.82) is 0 Å². The Labute approximate surface area is 263 Å². The molecule has 1 fully saturated rings. The molecule has 4 amide bonds. The van der Waals surface area contributed by atoms with E-state index in [2.05, 4.69) is 29.8 Å². The number of fused-ring (bicyclic) bond motifs is 1. The number of carbonyl (C=O) groups is 4. The summed E-state index contributed by atoms with van der Waals surface area (Å²) in [5.74, 6) is -0.262. The van der Waals surface area contributed by atoms with E-state index in [1.807, 2.05) is 17.0 Å². The van der Waals surface area contributed by atoms with E-state index in [0.29, 0.717) is 53.4 Å². The Morgan fingerprint density at radius 3 is 2.29 bits per heavy atom. The third-order valence-electron chi connectivity index (χ3n) is 8.12. The minimum Gasteiger partial charge on any atom is -0.482 e. The van der Waals surface area contributed by atoms with Gasteiger partial charge in [-0.15, -0.1) is 0 Å². The van der Waals surface area contributed by atoms with Crippen molar-refractivity contribution in [2.75, 3.05) is 30.3 Å². The highest BCUT2D eigenvalue weighted by molar-refractivity contribution is 6.04. The predicted octanol–water partition coefficient (Wildman–Crippen LogP) is 4.96. The molecule has 0 bridgehead atoms. The van der Waals surface area contributed by atoms with E-state index in [-0.39, 0.29) is 41.7 Å². The van der Waals surface area contributed by atoms with Gasteiger partial charge in [0, 0.05) is 41.5 Å². The molecule has 0 spiro atoms. The maximum atomic E-state index is 13.4. The molecule has 0 atom stereocenters. The Kier molecular flexibility index (Phi) is 9.83. The summed E-state index contributed by atoms with van der Waals surface area (Å²) in [5, 5.41) is 8.63. The molecule has 10 heteroatoms. The molecular formula is C35H41N5O5. The Morgan fingerprint density at radius 2 is 1.60 bits per heavy atom. The fraction of sp³-hybridized carbons (Fsp3) is 0.371. The van der Waals surface area contributed by atoms with E-state index in [9.17, 15) is 19.2 Å². The first-order valence-electron chi connectivity index (χ1n) is 15.5. The number of rotatable bonds is 13. The van der Waals surface area contributed by atoms with Crippen LogP contribution in [0.5, 0.6) is 5.75 Å². The number of benzene rings is 3. The summed E-state index contributed by atoms with van der Waals surface area (Å²) >= 11 is 0. The zero-order valence-corrected chi connectivity index (χ0v) is 25.9. The van der Waals surface area contributed by atoms with Crippen LogP contribution >= 0.6 is 0 Å². The van der Waals surface area contributed by atoms with Crippen LogP contribution in [0.1, 0.15) is 82.6 Å². The van der Waals surface area contributed by atoms with Gasteiger partial charge in [0.15, 0.2) is 6.61 Å². The van der Waals surface area contributed by atoms with Crippen molar-refractivity contribution in [1.82, 2.24) is 10.2 Å². The maximum absolute atomic E-state index is 13.4. The highest BCUT2D eigenvalue weighted by Crippen LogP contribution is 2.33. The molecule has 5 rings (SSSR count). The normalized spacial score (nSPS) is 14.1. The van der Waals surface area contributed by atoms with Gasteiger partial charge in [0.2, 0.25) is 0 Å². The van der Waals surface area contributed by atoms with Crippen molar-refractivity contribution in [2.24, 2.45) is 11.1 Å². The monoisotopic (exact) mass is 611 g/mol. The summed E-state index contributed by atoms with van der Waals surface area (Å²) in [5.41, 5.74) is 9.13. The topological polar surface area (TPSA) is 143 Å². The third kappa shape index (κ3) is 8.48. The molecule has 1 aliphatic carbocycles. The summed E-state index contributed by atoms with van der Waals surface area (Å²) in [7, 11) is 0. The van der Waals surface area contributed by atoms with Crippen LogP contribution in [0.2, 0.25) is 0 Å². The van der Waals surface area contributed by atoms with Gasteiger partial charge in [-0.3, -0.25) is 19.2 Å². The second-order valence-corrected chi connectivity index (χ2v) is 12.5. The molecule has 10 nitrogen and oxygen atoms in total. The molecule has 3 aromatic rings. The fourth-order valence-corrected chi connectivity index (χ4v) is 5.25. The molecule has 0 radical (unpaired) electrons. The number of nitrogens with two attached hydrogens (primary N) is 1. The second kappa shape index (κ2) is 13.9. The zero-order chi connectivity index (χ0) is 32.0. The Bertz CT molecular complexity index is 1550. The summed E-state index contributed by atoms with van der Waals surface area (Å²) in [6.07, 6.45) is 4.88. The van der Waals surface area contributed by atoms with Gasteiger partial charge in [0.25, 0.3) is 23.6 Å². The predicted molar refractivity (Wildman–Crippen MR) is 173 cm³/mol. The molecule has 2 aliphatic rings. The first-order valence-corrected chi connectivity index (χ1v) is 15.5. The van der Waals surface area contributed by atoms with E-state index in [1.54, 1.807) is 54.6 Å². The molecule has 45 heavy (non-hydrogen) atoms. The van der Waals surface area contributed by atoms with Gasteiger partial charge in [-0.25, -0.2) is 0 Å². The van der Waals surface area contributed by atoms with Crippen molar-refractivity contribution < 1.29 is 23.9 Å². The van der Waals surface area contributed by atoms with Crippen LogP contribution in [0.15, 0.2) is 66.7 Å². The van der Waals surface area contributed by atoms with Gasteiger partial charge in [0.05, 0.1) is 5.69 Å². The summed E-state index contributed by atoms with van der Waals surface area (Å²) in [4.78, 5) is 52.5. The average molecular weight is 612 g/mol. The van der Waals surface area contributed by atoms with Gasteiger partial charge < -0.3 is 31.3 Å². The number of carbonyl (C=O) groups excluding carboxylic acids is 4. The van der Waals surface area contributed by atoms with Crippen LogP contribution in [-0.2, 0) is 11.3 Å². The molecule has 0 unspecified atom stereocenters. The average Bonchev–Trinajstić information content (AvgIpc) is 3.88. The second-order valence-electron chi connectivity index (χ2n) is 12.5. The van der Waals surface area contributed by atoms with Crippen LogP contribution in [0.25, 0.3) is 0 Å². The molecule has 1 aliphatic heterocycles. The smallest absolute Gasteiger partial charge is 0.262 e. The summed E-state index contributed by atoms with van der Waals surface area (Å²) < 4.78 is 5.49. The molecule has 1 saturated carbocycles. The van der Waals surface area contributed by atoms with Crippen molar-refractivity contribution in [3.05, 3.63) is 89.0 Å². The zero-order valence-electron chi connectivity index (χ0n) is 25.9. The van der Waals surface area contributed by atoms with Crippen LogP contribution < -0.4 is 26.4 Å². The largest absolute Gasteiger partial charge is 0.482 e. The van der Waals surface area contributed by atoms with Crippen LogP contribution in [-0.4, -0.2) is 54.3 Å². The van der Waals surface area contributed by atoms with Crippen LogP contribution in [0.3, 0.4) is 0 Å². The Balaban J connectivity index is 1.14. The lowest BCUT2D eigenvalue weighted by Crippen LogP contribution is -2.34. The minimum atomic E-state index is -0.269. The number of nitrogens with one attached hydrogen (secondary N) is 3. The SMILES string of the molecule is CC(C)(CCCCN)CNC(=O)c1ccc(NC(=O)c2ccc(CN(C(=O)c3ccc4c(c3)OCC(=O)N4)C3CC3)cc2)cc1. The van der Waals surface area contributed by atoms with E-state index < -0.39 is 0 Å². The number of anilines is 2. The number of amides is 4. The van der Waals surface area contributed by atoms with E-state index in [4.69, 9.17) is 10.5 Å². The van der Waals surface area contributed by atoms with E-state index in [1.165, 1.54) is 0 Å². The van der Waals surface area contributed by atoms with Gasteiger partial charge in [0.1, 0.15) is 5.75 Å². The van der Waals surface area contributed by atoms with Crippen LogP contribution in [0.4, 0.5) is 11.4 Å². The molecule has 0 saturated heterocycles. The quantitative estimate of drug-likeness (QED) is 0.201. The molecule has 1 heterocycles. The Morgan fingerprint density at radius 1 is 0.933 bits per heavy atom. The van der Waals surface area contributed by atoms with Crippen molar-refractivity contribution in [3.8, 4) is 5.75 Å². The first kappa shape index (κ1) is 31.7.